The fraction of sp³-hybridized carbons (Fsp3) is 0.500. The predicted molar refractivity (Wildman–Crippen MR) is 70.7 cm³/mol. The molecule has 0 spiro atoms. The lowest BCUT2D eigenvalue weighted by atomic mass is 10.0. The molecular weight excluding hydrogens is 266 g/mol. The Labute approximate surface area is 114 Å². The number of hydrogen-bond donors (Lipinski definition) is 4. The number of aromatic nitrogens is 2. The minimum atomic E-state index is -0.847. The van der Waals surface area contributed by atoms with Crippen LogP contribution in [0.5, 0.6) is 0 Å². The Balaban J connectivity index is 2.42. The molecule has 0 saturated carbocycles. The molecule has 0 aliphatic rings. The van der Waals surface area contributed by atoms with Crippen LogP contribution in [0.4, 0.5) is 0 Å². The number of nitrogens with one attached hydrogen (secondary N) is 3. The van der Waals surface area contributed by atoms with Crippen molar-refractivity contribution in [2.24, 2.45) is 5.92 Å². The van der Waals surface area contributed by atoms with Gasteiger partial charge in [-0.1, -0.05) is 6.92 Å². The van der Waals surface area contributed by atoms with Gasteiger partial charge in [0, 0.05) is 19.2 Å². The zero-order valence-corrected chi connectivity index (χ0v) is 11.1. The van der Waals surface area contributed by atoms with Crippen LogP contribution in [0.15, 0.2) is 15.8 Å². The number of aromatic amines is 2. The third-order valence-corrected chi connectivity index (χ3v) is 2.84. The van der Waals surface area contributed by atoms with Gasteiger partial charge < -0.3 is 15.4 Å². The van der Waals surface area contributed by atoms with E-state index < -0.39 is 23.1 Å². The third-order valence-electron chi connectivity index (χ3n) is 2.84. The molecule has 1 atom stereocenters. The highest BCUT2D eigenvalue weighted by Crippen LogP contribution is 2.09. The maximum absolute atomic E-state index is 11.7. The number of aliphatic carboxylic acids is 1. The molecule has 0 aliphatic carbocycles. The Bertz CT molecular complexity index is 589. The number of carbonyl (C=O) groups is 2. The lowest BCUT2D eigenvalue weighted by molar-refractivity contribution is -0.137. The van der Waals surface area contributed by atoms with E-state index in [0.29, 0.717) is 19.4 Å². The van der Waals surface area contributed by atoms with Crippen LogP contribution in [0.25, 0.3) is 0 Å². The van der Waals surface area contributed by atoms with Crippen molar-refractivity contribution in [3.05, 3.63) is 32.6 Å². The van der Waals surface area contributed by atoms with Crippen LogP contribution in [0, 0.1) is 5.92 Å². The summed E-state index contributed by atoms with van der Waals surface area (Å²) >= 11 is 0. The molecular formula is C12H17N3O5. The van der Waals surface area contributed by atoms with Gasteiger partial charge in [-0.3, -0.25) is 19.4 Å². The first-order chi connectivity index (χ1) is 9.40. The average Bonchev–Trinajstić information content (AvgIpc) is 2.36. The number of amides is 1. The number of H-pyrrole nitrogens is 2. The monoisotopic (exact) mass is 283 g/mol. The maximum Gasteiger partial charge on any atom is 0.325 e. The molecule has 1 aromatic heterocycles. The molecule has 0 saturated heterocycles. The minimum Gasteiger partial charge on any atom is -0.481 e. The lowest BCUT2D eigenvalue weighted by Crippen LogP contribution is -2.34. The molecule has 4 N–H and O–H groups in total. The molecule has 0 fully saturated rings. The summed E-state index contributed by atoms with van der Waals surface area (Å²) in [5.74, 6) is -1.27. The van der Waals surface area contributed by atoms with Gasteiger partial charge in [-0.05, 0) is 18.8 Å². The van der Waals surface area contributed by atoms with Crippen molar-refractivity contribution in [3.8, 4) is 0 Å². The van der Waals surface area contributed by atoms with Gasteiger partial charge in [-0.25, -0.2) is 4.79 Å². The van der Waals surface area contributed by atoms with Crippen molar-refractivity contribution in [1.29, 1.82) is 0 Å². The SMILES string of the molecule is CC(CCNC(=O)c1c[nH]c(=O)[nH]c1=O)CCC(=O)O. The van der Waals surface area contributed by atoms with E-state index in [1.807, 2.05) is 11.9 Å². The quantitative estimate of drug-likeness (QED) is 0.544. The lowest BCUT2D eigenvalue weighted by Gasteiger charge is -2.10. The fourth-order valence-electron chi connectivity index (χ4n) is 1.62. The molecule has 1 amide bonds. The van der Waals surface area contributed by atoms with E-state index in [4.69, 9.17) is 5.11 Å². The Hall–Kier alpha value is -2.38. The van der Waals surface area contributed by atoms with Crippen molar-refractivity contribution in [1.82, 2.24) is 15.3 Å². The van der Waals surface area contributed by atoms with Gasteiger partial charge in [-0.15, -0.1) is 0 Å². The minimum absolute atomic E-state index is 0.0920. The van der Waals surface area contributed by atoms with Crippen molar-refractivity contribution in [2.45, 2.75) is 26.2 Å². The van der Waals surface area contributed by atoms with Crippen LogP contribution in [-0.2, 0) is 4.79 Å². The molecule has 8 heteroatoms. The molecule has 110 valence electrons. The van der Waals surface area contributed by atoms with Crippen molar-refractivity contribution in [2.75, 3.05) is 6.54 Å². The van der Waals surface area contributed by atoms with E-state index in [9.17, 15) is 19.2 Å². The summed E-state index contributed by atoms with van der Waals surface area (Å²) in [4.78, 5) is 48.4. The Morgan fingerprint density at radius 3 is 2.65 bits per heavy atom. The van der Waals surface area contributed by atoms with Gasteiger partial charge in [0.15, 0.2) is 0 Å². The highest BCUT2D eigenvalue weighted by molar-refractivity contribution is 5.93. The standard InChI is InChI=1S/C12H17N3O5/c1-7(2-3-9(16)17)4-5-13-10(18)8-6-14-12(20)15-11(8)19/h6-7H,2-5H2,1H3,(H,13,18)(H,16,17)(H2,14,15,19,20). The molecule has 1 unspecified atom stereocenters. The first-order valence-corrected chi connectivity index (χ1v) is 6.22. The van der Waals surface area contributed by atoms with E-state index in [2.05, 4.69) is 10.3 Å². The van der Waals surface area contributed by atoms with E-state index in [1.54, 1.807) is 0 Å². The zero-order valence-electron chi connectivity index (χ0n) is 11.1. The first kappa shape index (κ1) is 15.7. The second-order valence-electron chi connectivity index (χ2n) is 4.57. The van der Waals surface area contributed by atoms with Crippen LogP contribution < -0.4 is 16.6 Å². The average molecular weight is 283 g/mol. The second kappa shape index (κ2) is 7.27. The molecule has 20 heavy (non-hydrogen) atoms. The molecule has 1 rings (SSSR count). The van der Waals surface area contributed by atoms with Gasteiger partial charge in [-0.2, -0.15) is 0 Å². The van der Waals surface area contributed by atoms with Crippen LogP contribution in [0.3, 0.4) is 0 Å². The van der Waals surface area contributed by atoms with Gasteiger partial charge in [0.1, 0.15) is 5.56 Å². The Morgan fingerprint density at radius 2 is 2.05 bits per heavy atom. The highest BCUT2D eigenvalue weighted by atomic mass is 16.4. The number of carboxylic acids is 1. The summed E-state index contributed by atoms with van der Waals surface area (Å²) in [6, 6.07) is 0. The molecule has 0 aliphatic heterocycles. The molecule has 1 aromatic rings. The van der Waals surface area contributed by atoms with E-state index in [1.165, 1.54) is 0 Å². The van der Waals surface area contributed by atoms with E-state index >= 15 is 0 Å². The summed E-state index contributed by atoms with van der Waals surface area (Å²) < 4.78 is 0. The smallest absolute Gasteiger partial charge is 0.325 e. The topological polar surface area (TPSA) is 132 Å². The summed E-state index contributed by atoms with van der Waals surface area (Å²) in [5.41, 5.74) is -1.58. The summed E-state index contributed by atoms with van der Waals surface area (Å²) in [7, 11) is 0. The third kappa shape index (κ3) is 5.09. The summed E-state index contributed by atoms with van der Waals surface area (Å²) in [6.45, 7) is 2.22. The van der Waals surface area contributed by atoms with Gasteiger partial charge in [0.05, 0.1) is 0 Å². The Morgan fingerprint density at radius 1 is 1.35 bits per heavy atom. The first-order valence-electron chi connectivity index (χ1n) is 6.22. The van der Waals surface area contributed by atoms with Gasteiger partial charge in [0.2, 0.25) is 0 Å². The van der Waals surface area contributed by atoms with Crippen LogP contribution in [0.1, 0.15) is 36.5 Å². The van der Waals surface area contributed by atoms with Gasteiger partial charge >= 0.3 is 11.7 Å². The number of hydrogen-bond acceptors (Lipinski definition) is 4. The zero-order chi connectivity index (χ0) is 15.1. The Kier molecular flexibility index (Phi) is 5.70. The van der Waals surface area contributed by atoms with E-state index in [0.717, 1.165) is 6.20 Å². The second-order valence-corrected chi connectivity index (χ2v) is 4.57. The molecule has 8 nitrogen and oxygen atoms in total. The maximum atomic E-state index is 11.7. The van der Waals surface area contributed by atoms with E-state index in [-0.39, 0.29) is 17.9 Å². The van der Waals surface area contributed by atoms with Crippen LogP contribution >= 0.6 is 0 Å². The number of carboxylic acid groups (broad SMARTS) is 1. The van der Waals surface area contributed by atoms with Crippen molar-refractivity contribution < 1.29 is 14.7 Å². The normalized spacial score (nSPS) is 11.8. The molecule has 0 aromatic carbocycles. The van der Waals surface area contributed by atoms with Gasteiger partial charge in [0.25, 0.3) is 11.5 Å². The van der Waals surface area contributed by atoms with Crippen molar-refractivity contribution in [3.63, 3.8) is 0 Å². The van der Waals surface area contributed by atoms with Crippen LogP contribution in [0.2, 0.25) is 0 Å². The summed E-state index contributed by atoms with van der Waals surface area (Å²) in [5, 5.41) is 11.1. The molecule has 0 bridgehead atoms. The fourth-order valence-corrected chi connectivity index (χ4v) is 1.62. The highest BCUT2D eigenvalue weighted by Gasteiger charge is 2.11. The summed E-state index contributed by atoms with van der Waals surface area (Å²) in [6.07, 6.45) is 2.30. The van der Waals surface area contributed by atoms with Crippen molar-refractivity contribution >= 4 is 11.9 Å². The largest absolute Gasteiger partial charge is 0.481 e. The number of carbonyl (C=O) groups excluding carboxylic acids is 1. The molecule has 1 heterocycles. The molecule has 0 radical (unpaired) electrons. The number of rotatable bonds is 7. The predicted octanol–water partition coefficient (Wildman–Crippen LogP) is -0.316. The van der Waals surface area contributed by atoms with Crippen LogP contribution in [-0.4, -0.2) is 33.5 Å².